The Bertz CT molecular complexity index is 1180. The molecular weight excluding hydrogens is 429 g/mol. The number of carbonyl (C=O) groups is 1. The second kappa shape index (κ2) is 8.87. The van der Waals surface area contributed by atoms with Gasteiger partial charge in [0.15, 0.2) is 0 Å². The van der Waals surface area contributed by atoms with E-state index in [0.717, 1.165) is 11.1 Å². The first kappa shape index (κ1) is 21.5. The normalized spacial score (nSPS) is 19.7. The summed E-state index contributed by atoms with van der Waals surface area (Å²) >= 11 is 0. The minimum absolute atomic E-state index is 0.0444. The minimum atomic E-state index is -0.818. The fourth-order valence-corrected chi connectivity index (χ4v) is 4.22. The van der Waals surface area contributed by atoms with Crippen molar-refractivity contribution in [1.29, 1.82) is 0 Å². The quantitative estimate of drug-likeness (QED) is 0.601. The first-order chi connectivity index (χ1) is 16.0. The highest BCUT2D eigenvalue weighted by Crippen LogP contribution is 2.35. The maximum atomic E-state index is 15.2. The van der Waals surface area contributed by atoms with Gasteiger partial charge in [-0.05, 0) is 29.7 Å². The summed E-state index contributed by atoms with van der Waals surface area (Å²) in [5.74, 6) is -0.625. The third-order valence-electron chi connectivity index (χ3n) is 5.96. The van der Waals surface area contributed by atoms with Gasteiger partial charge in [0.25, 0.3) is 5.91 Å². The van der Waals surface area contributed by atoms with Crippen molar-refractivity contribution in [2.75, 3.05) is 19.8 Å². The Morgan fingerprint density at radius 2 is 2.21 bits per heavy atom. The van der Waals surface area contributed by atoms with Crippen LogP contribution in [0.4, 0.5) is 4.39 Å². The molecule has 9 nitrogen and oxygen atoms in total. The molecule has 2 N–H and O–H groups in total. The lowest BCUT2D eigenvalue weighted by Gasteiger charge is -2.28. The number of hydrogen-bond acceptors (Lipinski definition) is 7. The molecule has 2 atom stereocenters. The topological polar surface area (TPSA) is 111 Å². The molecule has 1 amide bonds. The molecule has 0 spiro atoms. The second-order valence-corrected chi connectivity index (χ2v) is 8.32. The molecule has 33 heavy (non-hydrogen) atoms. The zero-order chi connectivity index (χ0) is 22.9. The van der Waals surface area contributed by atoms with Gasteiger partial charge in [-0.3, -0.25) is 14.5 Å². The molecule has 3 aromatic rings. The van der Waals surface area contributed by atoms with E-state index in [4.69, 9.17) is 9.47 Å². The molecule has 1 saturated heterocycles. The molecule has 2 aromatic heterocycles. The Labute approximate surface area is 189 Å². The highest BCUT2D eigenvalue weighted by atomic mass is 19.1. The van der Waals surface area contributed by atoms with Crippen molar-refractivity contribution in [1.82, 2.24) is 25.3 Å². The van der Waals surface area contributed by atoms with Gasteiger partial charge >= 0.3 is 0 Å². The van der Waals surface area contributed by atoms with Gasteiger partial charge in [0, 0.05) is 38.3 Å². The zero-order valence-electron chi connectivity index (χ0n) is 18.1. The van der Waals surface area contributed by atoms with Crippen molar-refractivity contribution in [3.05, 3.63) is 58.7 Å². The number of fused-ring (bicyclic) bond motifs is 1. The molecule has 2 aliphatic heterocycles. The maximum Gasteiger partial charge on any atom is 0.254 e. The Kier molecular flexibility index (Phi) is 5.77. The van der Waals surface area contributed by atoms with Gasteiger partial charge < -0.3 is 19.9 Å². The molecule has 0 radical (unpaired) electrons. The van der Waals surface area contributed by atoms with Gasteiger partial charge in [0.1, 0.15) is 17.3 Å². The van der Waals surface area contributed by atoms with E-state index in [1.54, 1.807) is 24.1 Å². The lowest BCUT2D eigenvalue weighted by atomic mass is 9.97. The number of halogens is 1. The second-order valence-electron chi connectivity index (χ2n) is 8.32. The molecule has 10 heteroatoms. The van der Waals surface area contributed by atoms with Crippen LogP contribution in [0.3, 0.4) is 0 Å². The van der Waals surface area contributed by atoms with Crippen molar-refractivity contribution >= 4 is 5.91 Å². The number of benzene rings is 1. The largest absolute Gasteiger partial charge is 0.493 e. The number of carbonyl (C=O) groups excluding carboxylic acids is 1. The van der Waals surface area contributed by atoms with E-state index in [0.29, 0.717) is 55.2 Å². The summed E-state index contributed by atoms with van der Waals surface area (Å²) in [4.78, 5) is 17.4. The fourth-order valence-electron chi connectivity index (χ4n) is 4.22. The van der Waals surface area contributed by atoms with Gasteiger partial charge in [-0.2, -0.15) is 0 Å². The van der Waals surface area contributed by atoms with Crippen molar-refractivity contribution in [3.63, 3.8) is 0 Å². The number of aromatic nitrogens is 4. The summed E-state index contributed by atoms with van der Waals surface area (Å²) in [5.41, 5.74) is 3.34. The molecule has 5 rings (SSSR count). The minimum Gasteiger partial charge on any atom is -0.493 e. The molecule has 4 heterocycles. The van der Waals surface area contributed by atoms with Crippen LogP contribution in [0.5, 0.6) is 5.75 Å². The van der Waals surface area contributed by atoms with Crippen molar-refractivity contribution in [3.8, 4) is 17.1 Å². The smallest absolute Gasteiger partial charge is 0.254 e. The Morgan fingerprint density at radius 3 is 2.94 bits per heavy atom. The van der Waals surface area contributed by atoms with E-state index in [-0.39, 0.29) is 12.2 Å². The number of aryl methyl sites for hydroxylation is 1. The Balaban J connectivity index is 1.40. The third-order valence-corrected chi connectivity index (χ3v) is 5.96. The molecule has 172 valence electrons. The predicted octanol–water partition coefficient (Wildman–Crippen LogP) is 1.42. The average molecular weight is 453 g/mol. The van der Waals surface area contributed by atoms with Gasteiger partial charge in [-0.15, -0.1) is 5.10 Å². The van der Waals surface area contributed by atoms with E-state index in [9.17, 15) is 9.90 Å². The van der Waals surface area contributed by atoms with Crippen molar-refractivity contribution in [2.24, 2.45) is 7.05 Å². The van der Waals surface area contributed by atoms with Gasteiger partial charge in [-0.1, -0.05) is 11.3 Å². The predicted molar refractivity (Wildman–Crippen MR) is 115 cm³/mol. The molecule has 0 bridgehead atoms. The van der Waals surface area contributed by atoms with Crippen LogP contribution in [-0.2, 0) is 24.6 Å². The standard InChI is InChI=1S/C23H24FN5O4/c1-29-11-19(27-28-29)17-3-2-13(10-25-17)8-14-9-16(21(24)15-4-7-33-22(14)15)23(31)26-18-5-6-32-12-20(18)30/h2-3,9-11,18,20,30H,4-8,12H2,1H3,(H,26,31)/t18-,20-/m0/s1. The number of amides is 1. The van der Waals surface area contributed by atoms with E-state index < -0.39 is 23.9 Å². The van der Waals surface area contributed by atoms with Crippen LogP contribution in [0.25, 0.3) is 11.4 Å². The highest BCUT2D eigenvalue weighted by molar-refractivity contribution is 5.95. The zero-order valence-corrected chi connectivity index (χ0v) is 18.1. The van der Waals surface area contributed by atoms with Crippen LogP contribution in [0, 0.1) is 5.82 Å². The number of nitrogens with zero attached hydrogens (tertiary/aromatic N) is 4. The number of nitrogens with one attached hydrogen (secondary N) is 1. The molecule has 1 fully saturated rings. The number of pyridine rings is 1. The summed E-state index contributed by atoms with van der Waals surface area (Å²) in [6, 6.07) is 4.83. The maximum absolute atomic E-state index is 15.2. The fraction of sp³-hybridized carbons (Fsp3) is 0.391. The molecule has 1 aromatic carbocycles. The lowest BCUT2D eigenvalue weighted by molar-refractivity contribution is -0.0261. The number of aliphatic hydroxyl groups excluding tert-OH is 1. The summed E-state index contributed by atoms with van der Waals surface area (Å²) < 4.78 is 27.7. The number of hydrogen-bond donors (Lipinski definition) is 2. The van der Waals surface area contributed by atoms with Crippen LogP contribution in [0.15, 0.2) is 30.6 Å². The Hall–Kier alpha value is -3.37. The van der Waals surface area contributed by atoms with Crippen LogP contribution >= 0.6 is 0 Å². The molecule has 2 aliphatic rings. The summed E-state index contributed by atoms with van der Waals surface area (Å²) in [7, 11) is 1.79. The monoisotopic (exact) mass is 453 g/mol. The third kappa shape index (κ3) is 4.31. The molecule has 0 aliphatic carbocycles. The molecule has 0 saturated carbocycles. The lowest BCUT2D eigenvalue weighted by Crippen LogP contribution is -2.48. The van der Waals surface area contributed by atoms with Crippen molar-refractivity contribution < 1.29 is 23.8 Å². The first-order valence-electron chi connectivity index (χ1n) is 10.8. The summed E-state index contributed by atoms with van der Waals surface area (Å²) in [5, 5.41) is 20.8. The first-order valence-corrected chi connectivity index (χ1v) is 10.8. The Morgan fingerprint density at radius 1 is 1.33 bits per heavy atom. The van der Waals surface area contributed by atoms with Crippen LogP contribution in [0.1, 0.15) is 33.5 Å². The number of rotatable bonds is 5. The van der Waals surface area contributed by atoms with Gasteiger partial charge in [0.05, 0.1) is 42.8 Å². The number of aliphatic hydroxyl groups is 1. The highest BCUT2D eigenvalue weighted by Gasteiger charge is 2.30. The van der Waals surface area contributed by atoms with E-state index in [2.05, 4.69) is 20.6 Å². The van der Waals surface area contributed by atoms with Crippen molar-refractivity contribution in [2.45, 2.75) is 31.4 Å². The summed E-state index contributed by atoms with van der Waals surface area (Å²) in [6.07, 6.45) is 3.99. The van der Waals surface area contributed by atoms with Crippen LogP contribution < -0.4 is 10.1 Å². The van der Waals surface area contributed by atoms with Gasteiger partial charge in [0.2, 0.25) is 0 Å². The van der Waals surface area contributed by atoms with Crippen LogP contribution in [0.2, 0.25) is 0 Å². The van der Waals surface area contributed by atoms with E-state index >= 15 is 4.39 Å². The molecule has 0 unspecified atom stereocenters. The van der Waals surface area contributed by atoms with E-state index in [1.165, 1.54) is 6.07 Å². The molecular formula is C23H24FN5O4. The summed E-state index contributed by atoms with van der Waals surface area (Å²) in [6.45, 7) is 0.951. The number of ether oxygens (including phenoxy) is 2. The SMILES string of the molecule is Cn1cc(-c2ccc(Cc3cc(C(=O)N[C@H]4CCOC[C@@H]4O)c(F)c4c3OCC4)cn2)nn1. The average Bonchev–Trinajstić information content (AvgIpc) is 3.47. The van der Waals surface area contributed by atoms with Crippen LogP contribution in [-0.4, -0.2) is 63.0 Å². The van der Waals surface area contributed by atoms with Gasteiger partial charge in [-0.25, -0.2) is 4.39 Å². The van der Waals surface area contributed by atoms with E-state index in [1.807, 2.05) is 12.1 Å².